The molecule has 7 heteroatoms. The first-order valence-corrected chi connectivity index (χ1v) is 8.63. The van der Waals surface area contributed by atoms with Gasteiger partial charge in [-0.15, -0.1) is 0 Å². The second-order valence-corrected chi connectivity index (χ2v) is 6.54. The molecule has 3 aromatic rings. The number of furan rings is 1. The van der Waals surface area contributed by atoms with E-state index in [1.54, 1.807) is 36.7 Å². The predicted octanol–water partition coefficient (Wildman–Crippen LogP) is 4.57. The normalized spacial score (nSPS) is 12.1. The van der Waals surface area contributed by atoms with E-state index in [0.29, 0.717) is 16.4 Å². The summed E-state index contributed by atoms with van der Waals surface area (Å²) in [6, 6.07) is 10.7. The molecule has 0 amide bonds. The van der Waals surface area contributed by atoms with Gasteiger partial charge in [0, 0.05) is 17.5 Å². The highest BCUT2D eigenvalue weighted by molar-refractivity contribution is 6.33. The molecule has 25 heavy (non-hydrogen) atoms. The Labute approximate surface area is 155 Å². The molecule has 5 nitrogen and oxygen atoms in total. The summed E-state index contributed by atoms with van der Waals surface area (Å²) in [5.41, 5.74) is 0.741. The topological polar surface area (TPSA) is 60.1 Å². The molecule has 0 aliphatic rings. The number of aryl methyl sites for hydroxylation is 1. The summed E-state index contributed by atoms with van der Waals surface area (Å²) in [6.45, 7) is 2.02. The fourth-order valence-corrected chi connectivity index (χ4v) is 2.76. The number of nitrogens with zero attached hydrogens (tertiary/aromatic N) is 2. The highest BCUT2D eigenvalue weighted by Crippen LogP contribution is 2.19. The van der Waals surface area contributed by atoms with Crippen molar-refractivity contribution in [1.82, 2.24) is 9.78 Å². The van der Waals surface area contributed by atoms with Crippen LogP contribution in [-0.4, -0.2) is 15.8 Å². The molecule has 0 fully saturated rings. The van der Waals surface area contributed by atoms with Crippen LogP contribution < -0.4 is 10.9 Å². The van der Waals surface area contributed by atoms with E-state index in [4.69, 9.17) is 27.6 Å². The first-order valence-electron chi connectivity index (χ1n) is 7.87. The number of nitrogens with one attached hydrogen (secondary N) is 1. The summed E-state index contributed by atoms with van der Waals surface area (Å²) in [5.74, 6) is 0.927. The Kier molecular flexibility index (Phi) is 5.46. The van der Waals surface area contributed by atoms with Crippen molar-refractivity contribution >= 4 is 28.9 Å². The third kappa shape index (κ3) is 4.24. The van der Waals surface area contributed by atoms with Crippen molar-refractivity contribution < 1.29 is 4.42 Å². The maximum atomic E-state index is 12.5. The minimum atomic E-state index is -0.382. The smallest absolute Gasteiger partial charge is 0.292 e. The van der Waals surface area contributed by atoms with E-state index >= 15 is 0 Å². The summed E-state index contributed by atoms with van der Waals surface area (Å²) < 4.78 is 6.57. The van der Waals surface area contributed by atoms with Gasteiger partial charge in [0.1, 0.15) is 10.8 Å². The number of hydrogen-bond acceptors (Lipinski definition) is 4. The van der Waals surface area contributed by atoms with Crippen molar-refractivity contribution in [1.29, 1.82) is 0 Å². The van der Waals surface area contributed by atoms with Gasteiger partial charge in [-0.3, -0.25) is 4.79 Å². The number of rotatable bonds is 6. The number of anilines is 1. The first-order chi connectivity index (χ1) is 12.0. The zero-order chi connectivity index (χ0) is 17.8. The second kappa shape index (κ2) is 7.76. The molecular weight excluding hydrogens is 361 g/mol. The molecule has 130 valence electrons. The Morgan fingerprint density at radius 3 is 2.68 bits per heavy atom. The van der Waals surface area contributed by atoms with Crippen LogP contribution in [0.3, 0.4) is 0 Å². The molecule has 0 bridgehead atoms. The van der Waals surface area contributed by atoms with Crippen LogP contribution in [0.25, 0.3) is 5.69 Å². The van der Waals surface area contributed by atoms with Crippen molar-refractivity contribution in [2.45, 2.75) is 25.8 Å². The van der Waals surface area contributed by atoms with Gasteiger partial charge in [-0.2, -0.15) is 9.78 Å². The molecular formula is C18H17Cl2N3O2. The maximum absolute atomic E-state index is 12.5. The molecule has 2 heterocycles. The summed E-state index contributed by atoms with van der Waals surface area (Å²) in [5, 5.41) is 8.12. The lowest BCUT2D eigenvalue weighted by Crippen LogP contribution is -2.25. The van der Waals surface area contributed by atoms with E-state index in [1.807, 2.05) is 19.1 Å². The standard InChI is InChI=1S/C18H17Cl2N3O2/c1-12(4-9-15-3-2-10-25-15)22-16-11-21-23(18(24)17(16)20)14-7-5-13(19)6-8-14/h2-3,5-8,10-12,22H,4,9H2,1H3. The highest BCUT2D eigenvalue weighted by atomic mass is 35.5. The molecule has 0 spiro atoms. The van der Waals surface area contributed by atoms with Crippen LogP contribution in [0.15, 0.2) is 58.1 Å². The minimum Gasteiger partial charge on any atom is -0.469 e. The number of aromatic nitrogens is 2. The summed E-state index contributed by atoms with van der Waals surface area (Å²) >= 11 is 12.1. The Bertz CT molecular complexity index is 890. The van der Waals surface area contributed by atoms with Gasteiger partial charge in [-0.25, -0.2) is 0 Å². The van der Waals surface area contributed by atoms with Crippen LogP contribution in [0.4, 0.5) is 5.69 Å². The molecule has 1 atom stereocenters. The predicted molar refractivity (Wildman–Crippen MR) is 100.0 cm³/mol. The van der Waals surface area contributed by atoms with Crippen molar-refractivity contribution in [3.8, 4) is 5.69 Å². The molecule has 1 aromatic carbocycles. The van der Waals surface area contributed by atoms with Crippen LogP contribution in [-0.2, 0) is 6.42 Å². The van der Waals surface area contributed by atoms with E-state index in [9.17, 15) is 4.79 Å². The number of benzene rings is 1. The summed E-state index contributed by atoms with van der Waals surface area (Å²) in [4.78, 5) is 12.5. The van der Waals surface area contributed by atoms with Gasteiger partial charge in [0.25, 0.3) is 5.56 Å². The van der Waals surface area contributed by atoms with Gasteiger partial charge in [0.15, 0.2) is 0 Å². The monoisotopic (exact) mass is 377 g/mol. The average molecular weight is 378 g/mol. The van der Waals surface area contributed by atoms with Crippen LogP contribution in [0, 0.1) is 0 Å². The Balaban J connectivity index is 1.73. The van der Waals surface area contributed by atoms with Crippen LogP contribution in [0.2, 0.25) is 10.0 Å². The average Bonchev–Trinajstić information content (AvgIpc) is 3.12. The van der Waals surface area contributed by atoms with E-state index in [-0.39, 0.29) is 16.6 Å². The van der Waals surface area contributed by atoms with Crippen molar-refractivity contribution in [2.24, 2.45) is 0 Å². The lowest BCUT2D eigenvalue weighted by molar-refractivity contribution is 0.495. The van der Waals surface area contributed by atoms with Crippen molar-refractivity contribution in [3.05, 3.63) is 75.0 Å². The van der Waals surface area contributed by atoms with Crippen LogP contribution in [0.1, 0.15) is 19.1 Å². The summed E-state index contributed by atoms with van der Waals surface area (Å²) in [7, 11) is 0. The molecule has 1 N–H and O–H groups in total. The Morgan fingerprint density at radius 1 is 1.24 bits per heavy atom. The van der Waals surface area contributed by atoms with Gasteiger partial charge in [0.05, 0.1) is 23.8 Å². The van der Waals surface area contributed by atoms with Gasteiger partial charge in [0.2, 0.25) is 0 Å². The third-order valence-corrected chi connectivity index (χ3v) is 4.41. The van der Waals surface area contributed by atoms with E-state index in [2.05, 4.69) is 10.4 Å². The Morgan fingerprint density at radius 2 is 2.00 bits per heavy atom. The molecule has 2 aromatic heterocycles. The maximum Gasteiger partial charge on any atom is 0.292 e. The zero-order valence-corrected chi connectivity index (χ0v) is 15.1. The lowest BCUT2D eigenvalue weighted by atomic mass is 10.1. The highest BCUT2D eigenvalue weighted by Gasteiger charge is 2.13. The second-order valence-electron chi connectivity index (χ2n) is 5.73. The quantitative estimate of drug-likeness (QED) is 0.683. The zero-order valence-electron chi connectivity index (χ0n) is 13.6. The fraction of sp³-hybridized carbons (Fsp3) is 0.222. The lowest BCUT2D eigenvalue weighted by Gasteiger charge is -2.16. The number of halogens is 2. The van der Waals surface area contributed by atoms with E-state index in [1.165, 1.54) is 4.68 Å². The van der Waals surface area contributed by atoms with E-state index < -0.39 is 0 Å². The van der Waals surface area contributed by atoms with Crippen molar-refractivity contribution in [2.75, 3.05) is 5.32 Å². The molecule has 0 aliphatic heterocycles. The molecule has 0 radical (unpaired) electrons. The fourth-order valence-electron chi connectivity index (χ4n) is 2.45. The van der Waals surface area contributed by atoms with Crippen LogP contribution in [0.5, 0.6) is 0 Å². The van der Waals surface area contributed by atoms with Gasteiger partial charge in [-0.05, 0) is 49.7 Å². The number of hydrogen-bond donors (Lipinski definition) is 1. The van der Waals surface area contributed by atoms with Gasteiger partial charge in [-0.1, -0.05) is 23.2 Å². The molecule has 0 aliphatic carbocycles. The first kappa shape index (κ1) is 17.6. The molecule has 3 rings (SSSR count). The minimum absolute atomic E-state index is 0.106. The van der Waals surface area contributed by atoms with Crippen LogP contribution >= 0.6 is 23.2 Å². The van der Waals surface area contributed by atoms with Gasteiger partial charge < -0.3 is 9.73 Å². The SMILES string of the molecule is CC(CCc1ccco1)Nc1cnn(-c2ccc(Cl)cc2)c(=O)c1Cl. The third-order valence-electron chi connectivity index (χ3n) is 3.80. The van der Waals surface area contributed by atoms with Gasteiger partial charge >= 0.3 is 0 Å². The molecule has 0 saturated heterocycles. The summed E-state index contributed by atoms with van der Waals surface area (Å²) in [6.07, 6.45) is 4.85. The largest absolute Gasteiger partial charge is 0.469 e. The molecule has 0 saturated carbocycles. The van der Waals surface area contributed by atoms with E-state index in [0.717, 1.165) is 18.6 Å². The Hall–Kier alpha value is -2.24. The molecule has 1 unspecified atom stereocenters. The van der Waals surface area contributed by atoms with Crippen molar-refractivity contribution in [3.63, 3.8) is 0 Å².